The number of aryl methyl sites for hydroxylation is 4. The van der Waals surface area contributed by atoms with E-state index in [9.17, 15) is 26.3 Å². The summed E-state index contributed by atoms with van der Waals surface area (Å²) >= 11 is 0. The number of aromatic nitrogens is 2. The highest BCUT2D eigenvalue weighted by atomic mass is 19.4. The van der Waals surface area contributed by atoms with Crippen LogP contribution in [0.2, 0.25) is 0 Å². The summed E-state index contributed by atoms with van der Waals surface area (Å²) in [4.78, 5) is 0. The quantitative estimate of drug-likeness (QED) is 0.130. The molecule has 0 saturated carbocycles. The first-order valence-electron chi connectivity index (χ1n) is 23.9. The molecular formula is C56H36B2F10N4O4. The van der Waals surface area contributed by atoms with Gasteiger partial charge < -0.3 is 52.9 Å². The third-order valence-electron chi connectivity index (χ3n) is 14.3. The van der Waals surface area contributed by atoms with Crippen molar-refractivity contribution in [2.24, 2.45) is 0 Å². The molecule has 14 rings (SSSR count). The van der Waals surface area contributed by atoms with Crippen molar-refractivity contribution in [3.63, 3.8) is 0 Å². The van der Waals surface area contributed by atoms with Gasteiger partial charge in [-0.1, -0.05) is 119 Å². The summed E-state index contributed by atoms with van der Waals surface area (Å²) in [7, 11) is 0. The van der Waals surface area contributed by atoms with Crippen molar-refractivity contribution in [3.8, 4) is 45.3 Å². The molecule has 0 spiro atoms. The molecule has 0 atom stereocenters. The SMILES string of the molecule is Cc1ccc(-c2cc3c(o2)=CC2=C(C(F)(F)F)c4cc5oc(-c6ccc(C)cc6)cc5n4[B-](F)(F)[N+]=32)cc1.Cc1ccc(-c2cc3c(o2)=CC2=C(C(F)(F)F)c4cc5oc(-c6ccc(C)cc6)cc5n4[B-](F)(F)[N+]=32)cc1. The zero-order valence-corrected chi connectivity index (χ0v) is 40.2. The van der Waals surface area contributed by atoms with Crippen molar-refractivity contribution in [2.75, 3.05) is 0 Å². The summed E-state index contributed by atoms with van der Waals surface area (Å²) in [5, 5.41) is -0.228. The first-order chi connectivity index (χ1) is 36.0. The van der Waals surface area contributed by atoms with E-state index < -0.39 is 60.2 Å². The Labute approximate surface area is 422 Å². The third kappa shape index (κ3) is 7.09. The van der Waals surface area contributed by atoms with Crippen LogP contribution in [0.15, 0.2) is 163 Å². The van der Waals surface area contributed by atoms with Crippen LogP contribution in [-0.2, 0) is 0 Å². The topological polar surface area (TPSA) is 68.4 Å². The van der Waals surface area contributed by atoms with Gasteiger partial charge in [0, 0.05) is 57.9 Å². The number of halogens is 10. The molecule has 0 aliphatic carbocycles. The minimum absolute atomic E-state index is 0.0478. The predicted octanol–water partition coefficient (Wildman–Crippen LogP) is 12.5. The fourth-order valence-corrected chi connectivity index (χ4v) is 10.7. The molecule has 4 aliphatic heterocycles. The molecule has 0 radical (unpaired) electrons. The fraction of sp³-hybridized carbons (Fsp3) is 0.107. The van der Waals surface area contributed by atoms with Crippen molar-refractivity contribution in [2.45, 2.75) is 40.0 Å². The van der Waals surface area contributed by atoms with Gasteiger partial charge in [0.2, 0.25) is 10.7 Å². The van der Waals surface area contributed by atoms with Gasteiger partial charge in [0.05, 0.1) is 35.3 Å². The van der Waals surface area contributed by atoms with Crippen LogP contribution >= 0.6 is 0 Å². The third-order valence-corrected chi connectivity index (χ3v) is 14.3. The van der Waals surface area contributed by atoms with Crippen LogP contribution in [0.1, 0.15) is 33.6 Å². The molecule has 0 amide bonds. The van der Waals surface area contributed by atoms with Crippen LogP contribution in [-0.4, -0.2) is 35.2 Å². The molecule has 0 saturated heterocycles. The highest BCUT2D eigenvalue weighted by molar-refractivity contribution is 6.66. The molecule has 4 aliphatic rings. The van der Waals surface area contributed by atoms with Gasteiger partial charge in [-0.15, -0.1) is 0 Å². The van der Waals surface area contributed by atoms with E-state index >= 15 is 17.3 Å². The van der Waals surface area contributed by atoms with E-state index in [2.05, 4.69) is 0 Å². The molecular weight excluding hydrogens is 1000 g/mol. The average Bonchev–Trinajstić information content (AvgIpc) is 4.26. The summed E-state index contributed by atoms with van der Waals surface area (Å²) in [6.45, 7) is -1.85. The first-order valence-corrected chi connectivity index (χ1v) is 23.9. The molecule has 380 valence electrons. The lowest BCUT2D eigenvalue weighted by Crippen LogP contribution is -2.57. The maximum absolute atomic E-state index is 16.3. The average molecular weight is 1040 g/mol. The molecule has 6 aromatic heterocycles. The van der Waals surface area contributed by atoms with Crippen molar-refractivity contribution >= 4 is 59.4 Å². The number of benzene rings is 4. The van der Waals surface area contributed by atoms with E-state index in [1.54, 1.807) is 48.5 Å². The second-order valence-electron chi connectivity index (χ2n) is 19.4. The Hall–Kier alpha value is -8.67. The highest BCUT2D eigenvalue weighted by Gasteiger charge is 2.60. The summed E-state index contributed by atoms with van der Waals surface area (Å²) in [6.07, 6.45) is -7.73. The maximum Gasteiger partial charge on any atom is 0.738 e. The van der Waals surface area contributed by atoms with E-state index in [1.807, 2.05) is 76.2 Å². The zero-order valence-electron chi connectivity index (χ0n) is 40.2. The molecule has 0 bridgehead atoms. The van der Waals surface area contributed by atoms with Crippen molar-refractivity contribution in [1.82, 2.24) is 17.9 Å². The lowest BCUT2D eigenvalue weighted by Gasteiger charge is -2.31. The Balaban J connectivity index is 0.000000146. The number of hydrogen-bond acceptors (Lipinski definition) is 4. The highest BCUT2D eigenvalue weighted by Crippen LogP contribution is 2.48. The van der Waals surface area contributed by atoms with E-state index in [0.29, 0.717) is 63.2 Å². The number of hydrogen-bond donors (Lipinski definition) is 0. The molecule has 8 nitrogen and oxygen atoms in total. The molecule has 10 aromatic rings. The van der Waals surface area contributed by atoms with Gasteiger partial charge >= 0.3 is 26.3 Å². The summed E-state index contributed by atoms with van der Waals surface area (Å²) in [5.74, 6) is 1.16. The van der Waals surface area contributed by atoms with Crippen LogP contribution in [0.3, 0.4) is 0 Å². The Kier molecular flexibility index (Phi) is 9.86. The van der Waals surface area contributed by atoms with Crippen molar-refractivity contribution in [3.05, 3.63) is 200 Å². The summed E-state index contributed by atoms with van der Waals surface area (Å²) < 4.78 is 177. The van der Waals surface area contributed by atoms with E-state index in [4.69, 9.17) is 17.7 Å². The van der Waals surface area contributed by atoms with Gasteiger partial charge in [-0.25, -0.2) is 0 Å². The molecule has 0 fully saturated rings. The molecule has 4 aromatic carbocycles. The van der Waals surface area contributed by atoms with Crippen LogP contribution in [0.25, 0.3) is 90.8 Å². The molecule has 0 N–H and O–H groups in total. The van der Waals surface area contributed by atoms with E-state index in [-0.39, 0.29) is 43.7 Å². The monoisotopic (exact) mass is 1040 g/mol. The molecule has 0 unspecified atom stereocenters. The van der Waals surface area contributed by atoms with E-state index in [0.717, 1.165) is 46.5 Å². The van der Waals surface area contributed by atoms with Gasteiger partial charge in [-0.3, -0.25) is 0 Å². The largest absolute Gasteiger partial charge is 0.738 e. The van der Waals surface area contributed by atoms with Crippen LogP contribution < -0.4 is 30.5 Å². The summed E-state index contributed by atoms with van der Waals surface area (Å²) in [6, 6.07) is 36.4. The Morgan fingerprint density at radius 1 is 0.395 bits per heavy atom. The second-order valence-corrected chi connectivity index (χ2v) is 19.4. The van der Waals surface area contributed by atoms with Gasteiger partial charge in [-0.2, -0.15) is 26.3 Å². The smallest absolute Gasteiger partial charge is 0.455 e. The number of alkyl halides is 6. The maximum atomic E-state index is 16.3. The number of rotatable bonds is 4. The van der Waals surface area contributed by atoms with Gasteiger partial charge in [0.15, 0.2) is 22.2 Å². The molecule has 76 heavy (non-hydrogen) atoms. The predicted molar refractivity (Wildman–Crippen MR) is 269 cm³/mol. The second kappa shape index (κ2) is 15.9. The van der Waals surface area contributed by atoms with E-state index in [1.165, 1.54) is 24.3 Å². The van der Waals surface area contributed by atoms with Gasteiger partial charge in [0.1, 0.15) is 45.4 Å². The van der Waals surface area contributed by atoms with Gasteiger partial charge in [0.25, 0.3) is 0 Å². The Morgan fingerprint density at radius 2 is 0.684 bits per heavy atom. The normalized spacial score (nSPS) is 16.0. The van der Waals surface area contributed by atoms with Crippen molar-refractivity contribution in [1.29, 1.82) is 0 Å². The first kappa shape index (κ1) is 47.1. The minimum atomic E-state index is -4.91. The Bertz CT molecular complexity index is 4160. The standard InChI is InChI=1S/2C28H18BF5N2O2/c2*1-15-3-7-17(8-4-15)23-11-19-25(37-23)13-21-27(28(30,31)32)22-14-26-20(36(22)29(33,34)35(19)21)12-24(38-26)18-9-5-16(2)6-10-18/h2*3-14H,1-2H3. The minimum Gasteiger partial charge on any atom is -0.455 e. The van der Waals surface area contributed by atoms with Crippen molar-refractivity contribution < 1.29 is 61.3 Å². The number of allylic oxidation sites excluding steroid dienone is 4. The lowest BCUT2D eigenvalue weighted by atomic mass is 9.88. The van der Waals surface area contributed by atoms with Crippen LogP contribution in [0.4, 0.5) is 43.6 Å². The molecule has 20 heteroatoms. The zero-order chi connectivity index (χ0) is 53.1. The van der Waals surface area contributed by atoms with Gasteiger partial charge in [-0.05, 0) is 27.7 Å². The summed E-state index contributed by atoms with van der Waals surface area (Å²) in [5.41, 5.74) is 1.21. The number of fused-ring (bicyclic) bond motifs is 10. The number of furan rings is 4. The number of nitrogens with zero attached hydrogens (tertiary/aromatic N) is 4. The molecule has 10 heterocycles. The fourth-order valence-electron chi connectivity index (χ4n) is 10.7. The lowest BCUT2D eigenvalue weighted by molar-refractivity contribution is -0.0708. The van der Waals surface area contributed by atoms with Crippen LogP contribution in [0, 0.1) is 27.7 Å². The Morgan fingerprint density at radius 3 is 0.974 bits per heavy atom. The van der Waals surface area contributed by atoms with Crippen LogP contribution in [0.5, 0.6) is 0 Å².